The zero-order valence-electron chi connectivity index (χ0n) is 10.2. The minimum absolute atomic E-state index is 0.257. The second-order valence-corrected chi connectivity index (χ2v) is 8.06. The van der Waals surface area contributed by atoms with E-state index < -0.39 is 10.0 Å². The lowest BCUT2D eigenvalue weighted by molar-refractivity contribution is 0.542. The summed E-state index contributed by atoms with van der Waals surface area (Å²) in [4.78, 5) is 0. The molecule has 1 unspecified atom stereocenters. The van der Waals surface area contributed by atoms with Gasteiger partial charge in [-0.1, -0.05) is 0 Å². The quantitative estimate of drug-likeness (QED) is 0.645. The number of hydrogen-bond donors (Lipinski definition) is 2. The van der Waals surface area contributed by atoms with E-state index in [-0.39, 0.29) is 5.75 Å². The number of nitrogens with one attached hydrogen (secondary N) is 2. The molecule has 1 saturated carbocycles. The minimum Gasteiger partial charge on any atom is -0.314 e. The fraction of sp³-hybridized carbons (Fsp3) is 1.00. The third-order valence-corrected chi connectivity index (χ3v) is 5.88. The predicted molar refractivity (Wildman–Crippen MR) is 72.9 cm³/mol. The van der Waals surface area contributed by atoms with E-state index in [0.717, 1.165) is 18.7 Å². The van der Waals surface area contributed by atoms with Crippen molar-refractivity contribution in [2.45, 2.75) is 31.7 Å². The topological polar surface area (TPSA) is 58.2 Å². The molecule has 0 spiro atoms. The summed E-state index contributed by atoms with van der Waals surface area (Å²) in [6.45, 7) is 1.45. The van der Waals surface area contributed by atoms with Crippen molar-refractivity contribution in [2.24, 2.45) is 5.92 Å². The average molecular weight is 278 g/mol. The summed E-state index contributed by atoms with van der Waals surface area (Å²) in [5, 5.41) is 3.33. The van der Waals surface area contributed by atoms with Gasteiger partial charge >= 0.3 is 0 Å². The van der Waals surface area contributed by atoms with Crippen molar-refractivity contribution in [1.82, 2.24) is 10.0 Å². The van der Waals surface area contributed by atoms with E-state index >= 15 is 0 Å². The monoisotopic (exact) mass is 278 g/mol. The molecule has 0 aromatic rings. The van der Waals surface area contributed by atoms with Crippen molar-refractivity contribution >= 4 is 21.8 Å². The first-order chi connectivity index (χ1) is 8.16. The lowest BCUT2D eigenvalue weighted by Gasteiger charge is -2.10. The van der Waals surface area contributed by atoms with Crippen LogP contribution in [0.25, 0.3) is 0 Å². The molecule has 1 aliphatic carbocycles. The van der Waals surface area contributed by atoms with Gasteiger partial charge in [0.15, 0.2) is 0 Å². The van der Waals surface area contributed by atoms with Crippen LogP contribution in [0, 0.1) is 5.92 Å². The zero-order chi connectivity index (χ0) is 12.1. The van der Waals surface area contributed by atoms with Crippen LogP contribution in [-0.2, 0) is 10.0 Å². The molecule has 0 aromatic carbocycles. The second kappa shape index (κ2) is 6.41. The van der Waals surface area contributed by atoms with Crippen LogP contribution < -0.4 is 10.0 Å². The van der Waals surface area contributed by atoms with Crippen molar-refractivity contribution in [3.05, 3.63) is 0 Å². The fourth-order valence-electron chi connectivity index (χ4n) is 1.92. The van der Waals surface area contributed by atoms with Gasteiger partial charge in [-0.15, -0.1) is 0 Å². The van der Waals surface area contributed by atoms with Crippen molar-refractivity contribution in [1.29, 1.82) is 0 Å². The molecule has 0 aromatic heterocycles. The Balaban J connectivity index is 1.56. The van der Waals surface area contributed by atoms with E-state index in [1.165, 1.54) is 18.6 Å². The highest BCUT2D eigenvalue weighted by molar-refractivity contribution is 7.99. The third-order valence-electron chi connectivity index (χ3n) is 3.22. The molecule has 2 aliphatic rings. The maximum Gasteiger partial charge on any atom is 0.211 e. The summed E-state index contributed by atoms with van der Waals surface area (Å²) in [7, 11) is -3.05. The van der Waals surface area contributed by atoms with E-state index in [2.05, 4.69) is 10.0 Å². The van der Waals surface area contributed by atoms with Crippen LogP contribution in [0.15, 0.2) is 0 Å². The van der Waals surface area contributed by atoms with Gasteiger partial charge in [-0.3, -0.25) is 0 Å². The Bertz CT molecular complexity index is 322. The average Bonchev–Trinajstić information content (AvgIpc) is 2.96. The Hall–Kier alpha value is 0.220. The fourth-order valence-corrected chi connectivity index (χ4v) is 4.36. The molecular weight excluding hydrogens is 256 g/mol. The standard InChI is InChI=1S/C11H22N2O2S2/c14-17(15,7-1-5-12-11-2-3-11)13-8-10-4-6-16-9-10/h10-13H,1-9H2. The van der Waals surface area contributed by atoms with Crippen LogP contribution in [0.5, 0.6) is 0 Å². The van der Waals surface area contributed by atoms with Crippen molar-refractivity contribution in [3.63, 3.8) is 0 Å². The molecule has 100 valence electrons. The summed E-state index contributed by atoms with van der Waals surface area (Å²) >= 11 is 1.92. The highest BCUT2D eigenvalue weighted by Gasteiger charge is 2.21. The maximum absolute atomic E-state index is 11.7. The second-order valence-electron chi connectivity index (χ2n) is 4.98. The van der Waals surface area contributed by atoms with E-state index in [4.69, 9.17) is 0 Å². The third kappa shape index (κ3) is 5.59. The van der Waals surface area contributed by atoms with Crippen molar-refractivity contribution in [3.8, 4) is 0 Å². The van der Waals surface area contributed by atoms with Gasteiger partial charge in [-0.25, -0.2) is 13.1 Å². The van der Waals surface area contributed by atoms with Crippen LogP contribution >= 0.6 is 11.8 Å². The highest BCUT2D eigenvalue weighted by atomic mass is 32.2. The number of hydrogen-bond acceptors (Lipinski definition) is 4. The first-order valence-corrected chi connectivity index (χ1v) is 9.25. The molecule has 1 heterocycles. The normalized spacial score (nSPS) is 25.3. The van der Waals surface area contributed by atoms with E-state index in [1.807, 2.05) is 11.8 Å². The highest BCUT2D eigenvalue weighted by Crippen LogP contribution is 2.22. The van der Waals surface area contributed by atoms with Crippen LogP contribution in [0.3, 0.4) is 0 Å². The van der Waals surface area contributed by atoms with Gasteiger partial charge in [0.25, 0.3) is 0 Å². The zero-order valence-corrected chi connectivity index (χ0v) is 11.8. The first-order valence-electron chi connectivity index (χ1n) is 6.44. The molecule has 0 amide bonds. The number of thioether (sulfide) groups is 1. The lowest BCUT2D eigenvalue weighted by Crippen LogP contribution is -2.32. The molecule has 4 nitrogen and oxygen atoms in total. The molecule has 17 heavy (non-hydrogen) atoms. The Labute approximate surface area is 108 Å². The Morgan fingerprint density at radius 3 is 2.71 bits per heavy atom. The molecule has 1 aliphatic heterocycles. The maximum atomic E-state index is 11.7. The molecule has 2 N–H and O–H groups in total. The van der Waals surface area contributed by atoms with Crippen molar-refractivity contribution < 1.29 is 8.42 Å². The molecule has 1 saturated heterocycles. The van der Waals surface area contributed by atoms with Crippen LogP contribution in [-0.4, -0.2) is 44.8 Å². The van der Waals surface area contributed by atoms with Crippen molar-refractivity contribution in [2.75, 3.05) is 30.3 Å². The summed E-state index contributed by atoms with van der Waals surface area (Å²) in [5.74, 6) is 3.08. The summed E-state index contributed by atoms with van der Waals surface area (Å²) in [6.07, 6.45) is 4.37. The van der Waals surface area contributed by atoms with Crippen LogP contribution in [0.1, 0.15) is 25.7 Å². The van der Waals surface area contributed by atoms with Gasteiger partial charge in [0.05, 0.1) is 5.75 Å². The van der Waals surface area contributed by atoms with E-state index in [1.54, 1.807) is 0 Å². The van der Waals surface area contributed by atoms with Gasteiger partial charge in [-0.05, 0) is 49.7 Å². The van der Waals surface area contributed by atoms with Gasteiger partial charge in [-0.2, -0.15) is 11.8 Å². The van der Waals surface area contributed by atoms with Gasteiger partial charge in [0, 0.05) is 12.6 Å². The Kier molecular flexibility index (Phi) is 5.14. The van der Waals surface area contributed by atoms with Gasteiger partial charge in [0.1, 0.15) is 0 Å². The minimum atomic E-state index is -3.05. The largest absolute Gasteiger partial charge is 0.314 e. The van der Waals surface area contributed by atoms with E-state index in [9.17, 15) is 8.42 Å². The summed E-state index contributed by atoms with van der Waals surface area (Å²) in [6, 6.07) is 0.668. The Morgan fingerprint density at radius 2 is 2.06 bits per heavy atom. The first kappa shape index (κ1) is 13.6. The predicted octanol–water partition coefficient (Wildman–Crippen LogP) is 0.801. The molecule has 0 bridgehead atoms. The smallest absolute Gasteiger partial charge is 0.211 e. The lowest BCUT2D eigenvalue weighted by atomic mass is 10.1. The molecule has 1 atom stereocenters. The van der Waals surface area contributed by atoms with Gasteiger partial charge < -0.3 is 5.32 Å². The van der Waals surface area contributed by atoms with E-state index in [0.29, 0.717) is 24.9 Å². The molecule has 2 rings (SSSR count). The van der Waals surface area contributed by atoms with Crippen LogP contribution in [0.2, 0.25) is 0 Å². The number of rotatable bonds is 8. The summed E-state index contributed by atoms with van der Waals surface area (Å²) < 4.78 is 26.1. The SMILES string of the molecule is O=S(=O)(CCCNC1CC1)NCC1CCSC1. The Morgan fingerprint density at radius 1 is 1.24 bits per heavy atom. The summed E-state index contributed by atoms with van der Waals surface area (Å²) in [5.41, 5.74) is 0. The molecular formula is C11H22N2O2S2. The number of sulfonamides is 1. The molecule has 2 fully saturated rings. The van der Waals surface area contributed by atoms with Gasteiger partial charge in [0.2, 0.25) is 10.0 Å². The van der Waals surface area contributed by atoms with Crippen LogP contribution in [0.4, 0.5) is 0 Å². The molecule has 6 heteroatoms. The molecule has 0 radical (unpaired) electrons.